The van der Waals surface area contributed by atoms with Gasteiger partial charge in [-0.2, -0.15) is 15.0 Å². The molecule has 19 heavy (non-hydrogen) atoms. The Morgan fingerprint density at radius 2 is 2.05 bits per heavy atom. The summed E-state index contributed by atoms with van der Waals surface area (Å²) in [4.78, 5) is 22.5. The Morgan fingerprint density at radius 1 is 1.32 bits per heavy atom. The Morgan fingerprint density at radius 3 is 2.68 bits per heavy atom. The number of hydrogen-bond donors (Lipinski definition) is 3. The number of nitrogens with zero attached hydrogens (tertiary/aromatic N) is 3. The third-order valence-electron chi connectivity index (χ3n) is 2.11. The molecule has 1 aromatic rings. The number of carbonyl (C=O) groups is 1. The molecule has 0 unspecified atom stereocenters. The van der Waals surface area contributed by atoms with Crippen molar-refractivity contribution >= 4 is 17.8 Å². The van der Waals surface area contributed by atoms with E-state index in [1.54, 1.807) is 0 Å². The van der Waals surface area contributed by atoms with Crippen LogP contribution in [0.4, 0.5) is 11.9 Å². The lowest BCUT2D eigenvalue weighted by Gasteiger charge is -2.09. The lowest BCUT2D eigenvalue weighted by atomic mass is 10.2. The molecule has 5 N–H and O–H groups in total. The molecule has 1 heterocycles. The molecule has 0 fully saturated rings. The first-order valence-corrected chi connectivity index (χ1v) is 6.17. The first kappa shape index (κ1) is 14.9. The molecule has 0 bridgehead atoms. The second-order valence-electron chi connectivity index (χ2n) is 4.32. The van der Waals surface area contributed by atoms with Gasteiger partial charge in [-0.3, -0.25) is 4.79 Å². The Bertz CT molecular complexity index is 424. The molecule has 0 aromatic carbocycles. The molecular weight excluding hydrogens is 248 g/mol. The van der Waals surface area contributed by atoms with Crippen LogP contribution in [0.15, 0.2) is 0 Å². The summed E-state index contributed by atoms with van der Waals surface area (Å²) in [5.74, 6) is 0.171. The van der Waals surface area contributed by atoms with Crippen molar-refractivity contribution < 1.29 is 9.53 Å². The summed E-state index contributed by atoms with van der Waals surface area (Å²) < 4.78 is 5.35. The van der Waals surface area contributed by atoms with Crippen LogP contribution < -0.4 is 21.5 Å². The van der Waals surface area contributed by atoms with Gasteiger partial charge in [-0.05, 0) is 26.7 Å². The molecule has 0 aliphatic carbocycles. The first-order chi connectivity index (χ1) is 8.97. The van der Waals surface area contributed by atoms with E-state index in [2.05, 4.69) is 20.3 Å². The number of ether oxygens (including phenoxy) is 1. The van der Waals surface area contributed by atoms with E-state index < -0.39 is 0 Å². The summed E-state index contributed by atoms with van der Waals surface area (Å²) in [7, 11) is 0. The summed E-state index contributed by atoms with van der Waals surface area (Å²) >= 11 is 0. The first-order valence-electron chi connectivity index (χ1n) is 6.17. The Balaban J connectivity index is 2.44. The molecule has 0 atom stereocenters. The summed E-state index contributed by atoms with van der Waals surface area (Å²) in [6.07, 6.45) is 1.85. The van der Waals surface area contributed by atoms with Crippen molar-refractivity contribution in [3.8, 4) is 6.01 Å². The Kier molecular flexibility index (Phi) is 5.77. The van der Waals surface area contributed by atoms with Crippen molar-refractivity contribution in [2.24, 2.45) is 5.73 Å². The third kappa shape index (κ3) is 6.39. The van der Waals surface area contributed by atoms with Gasteiger partial charge >= 0.3 is 6.01 Å². The third-order valence-corrected chi connectivity index (χ3v) is 2.11. The minimum absolute atomic E-state index is 0.0368. The van der Waals surface area contributed by atoms with Crippen molar-refractivity contribution in [2.75, 3.05) is 17.6 Å². The molecule has 0 saturated carbocycles. The van der Waals surface area contributed by atoms with E-state index in [0.29, 0.717) is 18.9 Å². The lowest BCUT2D eigenvalue weighted by molar-refractivity contribution is -0.118. The van der Waals surface area contributed by atoms with Gasteiger partial charge in [-0.1, -0.05) is 0 Å². The zero-order valence-electron chi connectivity index (χ0n) is 11.2. The van der Waals surface area contributed by atoms with Crippen LogP contribution in [-0.2, 0) is 4.79 Å². The van der Waals surface area contributed by atoms with Gasteiger partial charge in [0.25, 0.3) is 0 Å². The van der Waals surface area contributed by atoms with Crippen molar-refractivity contribution in [3.63, 3.8) is 0 Å². The predicted octanol–water partition coefficient (Wildman–Crippen LogP) is 0.308. The maximum atomic E-state index is 10.6. The maximum Gasteiger partial charge on any atom is 0.323 e. The average Bonchev–Trinajstić information content (AvgIpc) is 2.26. The number of rotatable bonds is 8. The highest BCUT2D eigenvalue weighted by Gasteiger charge is 2.06. The van der Waals surface area contributed by atoms with Crippen molar-refractivity contribution in [2.45, 2.75) is 39.2 Å². The topological polar surface area (TPSA) is 129 Å². The summed E-state index contributed by atoms with van der Waals surface area (Å²) in [5.41, 5.74) is 10.6. The number of nitrogen functional groups attached to an aromatic ring is 1. The van der Waals surface area contributed by atoms with Crippen LogP contribution in [0.2, 0.25) is 0 Å². The van der Waals surface area contributed by atoms with Crippen LogP contribution in [0.5, 0.6) is 6.01 Å². The summed E-state index contributed by atoms with van der Waals surface area (Å²) in [5, 5.41) is 3.00. The van der Waals surface area contributed by atoms with E-state index in [1.807, 2.05) is 13.8 Å². The van der Waals surface area contributed by atoms with Crippen LogP contribution in [-0.4, -0.2) is 33.5 Å². The van der Waals surface area contributed by atoms with Crippen LogP contribution >= 0.6 is 0 Å². The molecule has 106 valence electrons. The van der Waals surface area contributed by atoms with E-state index in [-0.39, 0.29) is 24.0 Å². The second-order valence-corrected chi connectivity index (χ2v) is 4.32. The average molecular weight is 268 g/mol. The zero-order chi connectivity index (χ0) is 14.3. The molecule has 0 spiro atoms. The number of carbonyl (C=O) groups excluding carboxylic acids is 1. The number of nitrogens with one attached hydrogen (secondary N) is 1. The quantitative estimate of drug-likeness (QED) is 0.578. The van der Waals surface area contributed by atoms with Crippen molar-refractivity contribution in [1.82, 2.24) is 15.0 Å². The molecule has 0 radical (unpaired) electrons. The van der Waals surface area contributed by atoms with E-state index in [0.717, 1.165) is 12.8 Å². The maximum absolute atomic E-state index is 10.6. The largest absolute Gasteiger partial charge is 0.461 e. The highest BCUT2D eigenvalue weighted by Crippen LogP contribution is 2.10. The molecule has 1 amide bonds. The monoisotopic (exact) mass is 268 g/mol. The number of hydrogen-bond acceptors (Lipinski definition) is 7. The number of anilines is 2. The number of amides is 1. The SMILES string of the molecule is CC(C)Oc1nc(N)nc(NCCCCC(N)=O)n1. The van der Waals surface area contributed by atoms with E-state index >= 15 is 0 Å². The fraction of sp³-hybridized carbons (Fsp3) is 0.636. The van der Waals surface area contributed by atoms with Gasteiger partial charge in [-0.25, -0.2) is 0 Å². The molecule has 0 aliphatic rings. The molecule has 1 aromatic heterocycles. The van der Waals surface area contributed by atoms with Gasteiger partial charge < -0.3 is 21.5 Å². The Hall–Kier alpha value is -2.12. The van der Waals surface area contributed by atoms with Gasteiger partial charge in [0.1, 0.15) is 0 Å². The van der Waals surface area contributed by atoms with Gasteiger partial charge in [0.2, 0.25) is 17.8 Å². The number of aromatic nitrogens is 3. The van der Waals surface area contributed by atoms with Crippen LogP contribution in [0.25, 0.3) is 0 Å². The molecule has 8 heteroatoms. The van der Waals surface area contributed by atoms with Crippen LogP contribution in [0.1, 0.15) is 33.1 Å². The van der Waals surface area contributed by atoms with E-state index in [4.69, 9.17) is 16.2 Å². The fourth-order valence-electron chi connectivity index (χ4n) is 1.34. The van der Waals surface area contributed by atoms with Gasteiger partial charge in [-0.15, -0.1) is 0 Å². The smallest absolute Gasteiger partial charge is 0.323 e. The van der Waals surface area contributed by atoms with E-state index in [1.165, 1.54) is 0 Å². The lowest BCUT2D eigenvalue weighted by Crippen LogP contribution is -2.14. The molecule has 0 saturated heterocycles. The predicted molar refractivity (Wildman–Crippen MR) is 71.5 cm³/mol. The zero-order valence-corrected chi connectivity index (χ0v) is 11.2. The molecular formula is C11H20N6O2. The number of unbranched alkanes of at least 4 members (excludes halogenated alkanes) is 1. The highest BCUT2D eigenvalue weighted by atomic mass is 16.5. The van der Waals surface area contributed by atoms with E-state index in [9.17, 15) is 4.79 Å². The second kappa shape index (κ2) is 7.34. The fourth-order valence-corrected chi connectivity index (χ4v) is 1.34. The highest BCUT2D eigenvalue weighted by molar-refractivity contribution is 5.73. The normalized spacial score (nSPS) is 10.5. The number of primary amides is 1. The summed E-state index contributed by atoms with van der Waals surface area (Å²) in [6, 6.07) is 0.196. The van der Waals surface area contributed by atoms with Gasteiger partial charge in [0, 0.05) is 13.0 Å². The van der Waals surface area contributed by atoms with Crippen molar-refractivity contribution in [3.05, 3.63) is 0 Å². The minimum Gasteiger partial charge on any atom is -0.461 e. The number of nitrogens with two attached hydrogens (primary N) is 2. The van der Waals surface area contributed by atoms with Crippen LogP contribution in [0, 0.1) is 0 Å². The standard InChI is InChI=1S/C11H20N6O2/c1-7(2)19-11-16-9(13)15-10(17-11)14-6-4-3-5-8(12)18/h7H,3-6H2,1-2H3,(H2,12,18)(H3,13,14,15,16,17). The molecule has 0 aliphatic heterocycles. The van der Waals surface area contributed by atoms with Gasteiger partial charge in [0.15, 0.2) is 0 Å². The van der Waals surface area contributed by atoms with Crippen molar-refractivity contribution in [1.29, 1.82) is 0 Å². The molecule has 8 nitrogen and oxygen atoms in total. The minimum atomic E-state index is -0.294. The molecule has 1 rings (SSSR count). The Labute approximate surface area is 112 Å². The van der Waals surface area contributed by atoms with Gasteiger partial charge in [0.05, 0.1) is 6.10 Å². The summed E-state index contributed by atoms with van der Waals surface area (Å²) in [6.45, 7) is 4.37. The van der Waals surface area contributed by atoms with Crippen LogP contribution in [0.3, 0.4) is 0 Å².